The van der Waals surface area contributed by atoms with Gasteiger partial charge in [-0.3, -0.25) is 0 Å². The van der Waals surface area contributed by atoms with Crippen LogP contribution in [0.5, 0.6) is 0 Å². The summed E-state index contributed by atoms with van der Waals surface area (Å²) in [5.74, 6) is -0.874. The first kappa shape index (κ1) is 9.28. The molecule has 3 aromatic carbocycles. The summed E-state index contributed by atoms with van der Waals surface area (Å²) in [6.45, 7) is 0. The normalized spacial score (nSPS) is 11.1. The monoisotopic (exact) mass is 212 g/mol. The summed E-state index contributed by atoms with van der Waals surface area (Å²) in [4.78, 5) is 0. The van der Waals surface area contributed by atoms with Crippen LogP contribution >= 0.6 is 0 Å². The molecule has 0 amide bonds. The van der Waals surface area contributed by atoms with Crippen molar-refractivity contribution in [3.8, 4) is 0 Å². The van der Waals surface area contributed by atoms with E-state index in [2.05, 4.69) is 12.1 Å². The van der Waals surface area contributed by atoms with E-state index in [-0.39, 0.29) is 0 Å². The highest BCUT2D eigenvalue weighted by Gasteiger charge is 2.03. The number of rotatable bonds is 0. The molecule has 0 aromatic heterocycles. The maximum absolute atomic E-state index is 13.1. The van der Waals surface area contributed by atoms with Crippen molar-refractivity contribution in [2.24, 2.45) is 0 Å². The molecule has 0 nitrogen and oxygen atoms in total. The van der Waals surface area contributed by atoms with Crippen molar-refractivity contribution < 1.29 is 8.78 Å². The third kappa shape index (κ3) is 1.34. The van der Waals surface area contributed by atoms with Crippen LogP contribution in [0.15, 0.2) is 36.4 Å². The van der Waals surface area contributed by atoms with Crippen LogP contribution in [0.3, 0.4) is 0 Å². The third-order valence-corrected chi connectivity index (χ3v) is 2.63. The second-order valence-corrected chi connectivity index (χ2v) is 3.63. The molecule has 0 aliphatic heterocycles. The lowest BCUT2D eigenvalue weighted by atomic mass is 10.0. The summed E-state index contributed by atoms with van der Waals surface area (Å²) in [5.41, 5.74) is 0. The van der Waals surface area contributed by atoms with Crippen LogP contribution < -0.4 is 0 Å². The zero-order valence-electron chi connectivity index (χ0n) is 8.22. The molecule has 0 fully saturated rings. The minimum absolute atomic E-state index is 0.437. The van der Waals surface area contributed by atoms with Gasteiger partial charge in [0.1, 0.15) is 11.6 Å². The largest absolute Gasteiger partial charge is 0.206 e. The lowest BCUT2D eigenvalue weighted by Crippen LogP contribution is -1.82. The zero-order valence-corrected chi connectivity index (χ0v) is 8.22. The standard InChI is InChI=1S/C14H6F2/c15-11-5-3-9-1-2-10-4-6-12(16)8-14(10)13(9)7-11/h1-4,7-8H. The summed E-state index contributed by atoms with van der Waals surface area (Å²) in [6.07, 6.45) is 0. The summed E-state index contributed by atoms with van der Waals surface area (Å²) >= 11 is 0. The molecule has 0 saturated heterocycles. The van der Waals surface area contributed by atoms with Gasteiger partial charge in [0, 0.05) is 12.1 Å². The maximum atomic E-state index is 13.1. The zero-order chi connectivity index (χ0) is 11.1. The molecular formula is C14H6F2. The fourth-order valence-corrected chi connectivity index (χ4v) is 1.87. The Balaban J connectivity index is 2.55. The van der Waals surface area contributed by atoms with E-state index in [1.165, 1.54) is 12.1 Å². The molecule has 0 saturated carbocycles. The highest BCUT2D eigenvalue weighted by molar-refractivity contribution is 6.07. The summed E-state index contributed by atoms with van der Waals surface area (Å²) in [7, 11) is 0. The Morgan fingerprint density at radius 3 is 1.62 bits per heavy atom. The van der Waals surface area contributed by atoms with Crippen molar-refractivity contribution in [1.82, 2.24) is 0 Å². The molecule has 0 heterocycles. The van der Waals surface area contributed by atoms with Gasteiger partial charge in [0.15, 0.2) is 0 Å². The third-order valence-electron chi connectivity index (χ3n) is 2.63. The lowest BCUT2D eigenvalue weighted by molar-refractivity contribution is 0.626. The Hall–Kier alpha value is -1.96. The molecule has 0 aliphatic rings. The topological polar surface area (TPSA) is 0 Å². The first-order valence-corrected chi connectivity index (χ1v) is 4.85. The molecule has 2 heteroatoms. The molecule has 0 N–H and O–H groups in total. The average Bonchev–Trinajstić information content (AvgIpc) is 2.29. The fraction of sp³-hybridized carbons (Fsp3) is 0. The Morgan fingerprint density at radius 2 is 1.19 bits per heavy atom. The predicted octanol–water partition coefficient (Wildman–Crippen LogP) is 3.87. The van der Waals surface area contributed by atoms with Gasteiger partial charge in [-0.1, -0.05) is 12.1 Å². The van der Waals surface area contributed by atoms with Gasteiger partial charge in [0.25, 0.3) is 0 Å². The molecule has 3 aromatic rings. The average molecular weight is 212 g/mol. The molecular weight excluding hydrogens is 206 g/mol. The molecule has 0 atom stereocenters. The predicted molar refractivity (Wildman–Crippen MR) is 59.0 cm³/mol. The van der Waals surface area contributed by atoms with Crippen LogP contribution in [0.2, 0.25) is 0 Å². The Labute approximate surface area is 91.1 Å². The van der Waals surface area contributed by atoms with Gasteiger partial charge in [-0.2, -0.15) is 0 Å². The van der Waals surface area contributed by atoms with Gasteiger partial charge < -0.3 is 0 Å². The van der Waals surface area contributed by atoms with E-state index in [1.54, 1.807) is 12.1 Å². The Morgan fingerprint density at radius 1 is 0.750 bits per heavy atom. The summed E-state index contributed by atoms with van der Waals surface area (Å²) < 4.78 is 26.2. The van der Waals surface area contributed by atoms with Crippen molar-refractivity contribution in [2.45, 2.75) is 0 Å². The van der Waals surface area contributed by atoms with Crippen molar-refractivity contribution in [2.75, 3.05) is 0 Å². The van der Waals surface area contributed by atoms with E-state index in [1.807, 2.05) is 12.1 Å². The van der Waals surface area contributed by atoms with Crippen LogP contribution in [0.1, 0.15) is 0 Å². The molecule has 0 aliphatic carbocycles. The van der Waals surface area contributed by atoms with Gasteiger partial charge in [0.2, 0.25) is 0 Å². The van der Waals surface area contributed by atoms with Crippen LogP contribution in [0, 0.1) is 23.8 Å². The van der Waals surface area contributed by atoms with Crippen molar-refractivity contribution in [1.29, 1.82) is 0 Å². The van der Waals surface area contributed by atoms with E-state index in [9.17, 15) is 8.78 Å². The number of hydrogen-bond acceptors (Lipinski definition) is 0. The van der Waals surface area contributed by atoms with E-state index >= 15 is 0 Å². The SMILES string of the molecule is Fc1[c]cc2ccc3c[c]c(F)cc3c2c1. The van der Waals surface area contributed by atoms with Gasteiger partial charge >= 0.3 is 0 Å². The van der Waals surface area contributed by atoms with Crippen LogP contribution in [-0.2, 0) is 0 Å². The van der Waals surface area contributed by atoms with E-state index < -0.39 is 11.6 Å². The smallest absolute Gasteiger partial charge is 0.131 e. The van der Waals surface area contributed by atoms with Gasteiger partial charge in [0.05, 0.1) is 0 Å². The van der Waals surface area contributed by atoms with Crippen molar-refractivity contribution >= 4 is 21.5 Å². The molecule has 0 unspecified atom stereocenters. The minimum atomic E-state index is -0.437. The first-order valence-electron chi connectivity index (χ1n) is 4.85. The molecule has 16 heavy (non-hydrogen) atoms. The van der Waals surface area contributed by atoms with Crippen LogP contribution in [0.4, 0.5) is 8.78 Å². The number of hydrogen-bond donors (Lipinski definition) is 0. The Kier molecular flexibility index (Phi) is 1.90. The van der Waals surface area contributed by atoms with Crippen molar-refractivity contribution in [3.63, 3.8) is 0 Å². The van der Waals surface area contributed by atoms with Gasteiger partial charge in [-0.05, 0) is 45.8 Å². The molecule has 2 radical (unpaired) electrons. The molecule has 0 bridgehead atoms. The number of benzene rings is 3. The first-order chi connectivity index (χ1) is 7.74. The maximum Gasteiger partial charge on any atom is 0.131 e. The van der Waals surface area contributed by atoms with Crippen LogP contribution in [0.25, 0.3) is 21.5 Å². The molecule has 0 spiro atoms. The molecule has 3 rings (SSSR count). The summed E-state index contributed by atoms with van der Waals surface area (Å²) in [5, 5.41) is 3.09. The molecule has 76 valence electrons. The fourth-order valence-electron chi connectivity index (χ4n) is 1.87. The quantitative estimate of drug-likeness (QED) is 0.496. The van der Waals surface area contributed by atoms with Gasteiger partial charge in [-0.25, -0.2) is 8.78 Å². The highest BCUT2D eigenvalue weighted by atomic mass is 19.1. The second-order valence-electron chi connectivity index (χ2n) is 3.63. The van der Waals surface area contributed by atoms with Gasteiger partial charge in [-0.15, -0.1) is 0 Å². The van der Waals surface area contributed by atoms with Crippen LogP contribution in [-0.4, -0.2) is 0 Å². The second kappa shape index (κ2) is 3.27. The minimum Gasteiger partial charge on any atom is -0.206 e. The van der Waals surface area contributed by atoms with E-state index in [0.29, 0.717) is 10.8 Å². The lowest BCUT2D eigenvalue weighted by Gasteiger charge is -2.03. The Bertz CT molecular complexity index is 626. The van der Waals surface area contributed by atoms with E-state index in [0.717, 1.165) is 10.8 Å². The number of halogens is 2. The highest BCUT2D eigenvalue weighted by Crippen LogP contribution is 2.26. The summed E-state index contributed by atoms with van der Waals surface area (Å²) in [6, 6.07) is 14.6. The van der Waals surface area contributed by atoms with Crippen molar-refractivity contribution in [3.05, 3.63) is 60.2 Å². The van der Waals surface area contributed by atoms with E-state index in [4.69, 9.17) is 0 Å². The number of fused-ring (bicyclic) bond motifs is 3.